The molecule has 4 heteroatoms. The zero-order valence-corrected chi connectivity index (χ0v) is 13.3. The van der Waals surface area contributed by atoms with Gasteiger partial charge in [0.2, 0.25) is 0 Å². The quantitative estimate of drug-likeness (QED) is 0.942. The highest BCUT2D eigenvalue weighted by Crippen LogP contribution is 2.38. The summed E-state index contributed by atoms with van der Waals surface area (Å²) in [5.41, 5.74) is 3.81. The number of hydrogen-bond donors (Lipinski definition) is 1. The van der Waals surface area contributed by atoms with Gasteiger partial charge in [0.05, 0.1) is 20.3 Å². The molecular weight excluding hydrogens is 276 g/mol. The molecule has 1 aromatic carbocycles. The highest BCUT2D eigenvalue weighted by Gasteiger charge is 2.28. The number of nitrogens with one attached hydrogen (secondary N) is 1. The maximum Gasteiger partial charge on any atom is 0.161 e. The number of fused-ring (bicyclic) bond motifs is 1. The van der Waals surface area contributed by atoms with Crippen molar-refractivity contribution in [1.82, 2.24) is 10.3 Å². The van der Waals surface area contributed by atoms with Crippen LogP contribution in [0.2, 0.25) is 0 Å². The molecule has 1 aromatic heterocycles. The summed E-state index contributed by atoms with van der Waals surface area (Å²) < 4.78 is 10.9. The van der Waals surface area contributed by atoms with Gasteiger partial charge in [-0.3, -0.25) is 4.98 Å². The van der Waals surface area contributed by atoms with Crippen molar-refractivity contribution in [3.05, 3.63) is 53.3 Å². The van der Waals surface area contributed by atoms with Gasteiger partial charge in [-0.25, -0.2) is 0 Å². The van der Waals surface area contributed by atoms with E-state index in [1.807, 2.05) is 12.4 Å². The third-order valence-corrected chi connectivity index (χ3v) is 4.36. The fourth-order valence-electron chi connectivity index (χ4n) is 3.13. The number of aromatic nitrogens is 1. The average Bonchev–Trinajstić information content (AvgIpc) is 2.60. The summed E-state index contributed by atoms with van der Waals surface area (Å²) in [5.74, 6) is 1.57. The predicted octanol–water partition coefficient (Wildman–Crippen LogP) is 3.11. The van der Waals surface area contributed by atoms with E-state index in [1.165, 1.54) is 16.7 Å². The van der Waals surface area contributed by atoms with E-state index in [0.717, 1.165) is 24.3 Å². The van der Waals surface area contributed by atoms with Crippen LogP contribution in [0.4, 0.5) is 0 Å². The number of hydrogen-bond acceptors (Lipinski definition) is 4. The average molecular weight is 298 g/mol. The summed E-state index contributed by atoms with van der Waals surface area (Å²) in [6.07, 6.45) is 5.78. The summed E-state index contributed by atoms with van der Waals surface area (Å²) in [7, 11) is 3.36. The number of pyridine rings is 1. The fourth-order valence-corrected chi connectivity index (χ4v) is 3.13. The molecule has 1 aliphatic rings. The zero-order chi connectivity index (χ0) is 15.5. The second-order valence-electron chi connectivity index (χ2n) is 5.60. The topological polar surface area (TPSA) is 43.4 Å². The van der Waals surface area contributed by atoms with Gasteiger partial charge < -0.3 is 14.8 Å². The van der Waals surface area contributed by atoms with Gasteiger partial charge in [-0.1, -0.05) is 6.92 Å². The highest BCUT2D eigenvalue weighted by atomic mass is 16.5. The maximum atomic E-state index is 5.47. The van der Waals surface area contributed by atoms with E-state index in [2.05, 4.69) is 41.5 Å². The third-order valence-electron chi connectivity index (χ3n) is 4.36. The molecule has 2 atom stereocenters. The second-order valence-corrected chi connectivity index (χ2v) is 5.60. The normalized spacial score (nSPS) is 20.3. The SMILES string of the molecule is CCC1Cc2cc(OC)c(OC)cc2C(c2ccncc2)N1. The number of ether oxygens (including phenoxy) is 2. The molecule has 0 saturated carbocycles. The summed E-state index contributed by atoms with van der Waals surface area (Å²) in [6.45, 7) is 2.22. The van der Waals surface area contributed by atoms with Crippen molar-refractivity contribution in [2.24, 2.45) is 0 Å². The van der Waals surface area contributed by atoms with Gasteiger partial charge in [-0.05, 0) is 53.8 Å². The van der Waals surface area contributed by atoms with Crippen molar-refractivity contribution in [3.63, 3.8) is 0 Å². The lowest BCUT2D eigenvalue weighted by molar-refractivity contribution is 0.350. The van der Waals surface area contributed by atoms with Gasteiger partial charge >= 0.3 is 0 Å². The largest absolute Gasteiger partial charge is 0.493 e. The minimum Gasteiger partial charge on any atom is -0.493 e. The monoisotopic (exact) mass is 298 g/mol. The smallest absolute Gasteiger partial charge is 0.161 e. The molecule has 4 nitrogen and oxygen atoms in total. The van der Waals surface area contributed by atoms with E-state index in [9.17, 15) is 0 Å². The maximum absolute atomic E-state index is 5.47. The molecule has 1 N–H and O–H groups in total. The van der Waals surface area contributed by atoms with Crippen LogP contribution in [0, 0.1) is 0 Å². The molecule has 0 amide bonds. The Morgan fingerprint density at radius 1 is 1.14 bits per heavy atom. The molecule has 116 valence electrons. The van der Waals surface area contributed by atoms with Crippen LogP contribution in [-0.4, -0.2) is 25.2 Å². The first-order valence-corrected chi connectivity index (χ1v) is 7.67. The fraction of sp³-hybridized carbons (Fsp3) is 0.389. The Balaban J connectivity index is 2.10. The Labute approximate surface area is 131 Å². The highest BCUT2D eigenvalue weighted by molar-refractivity contribution is 5.51. The summed E-state index contributed by atoms with van der Waals surface area (Å²) in [6, 6.07) is 8.97. The third kappa shape index (κ3) is 2.66. The Bertz CT molecular complexity index is 643. The van der Waals surface area contributed by atoms with E-state index in [-0.39, 0.29) is 6.04 Å². The number of benzene rings is 1. The van der Waals surface area contributed by atoms with E-state index >= 15 is 0 Å². The minimum atomic E-state index is 0.163. The zero-order valence-electron chi connectivity index (χ0n) is 13.3. The van der Waals surface area contributed by atoms with E-state index < -0.39 is 0 Å². The first-order valence-electron chi connectivity index (χ1n) is 7.67. The minimum absolute atomic E-state index is 0.163. The van der Waals surface area contributed by atoms with Crippen LogP contribution < -0.4 is 14.8 Å². The van der Waals surface area contributed by atoms with Crippen molar-refractivity contribution in [2.75, 3.05) is 14.2 Å². The van der Waals surface area contributed by atoms with Gasteiger partial charge in [0, 0.05) is 18.4 Å². The predicted molar refractivity (Wildman–Crippen MR) is 86.5 cm³/mol. The van der Waals surface area contributed by atoms with Crippen molar-refractivity contribution >= 4 is 0 Å². The first kappa shape index (κ1) is 14.9. The van der Waals surface area contributed by atoms with Crippen LogP contribution in [0.15, 0.2) is 36.7 Å². The van der Waals surface area contributed by atoms with Crippen molar-refractivity contribution < 1.29 is 9.47 Å². The van der Waals surface area contributed by atoms with E-state index in [1.54, 1.807) is 14.2 Å². The molecule has 2 heterocycles. The lowest BCUT2D eigenvalue weighted by Gasteiger charge is -2.34. The Morgan fingerprint density at radius 2 is 1.82 bits per heavy atom. The summed E-state index contributed by atoms with van der Waals surface area (Å²) >= 11 is 0. The first-order chi connectivity index (χ1) is 10.8. The van der Waals surface area contributed by atoms with Crippen LogP contribution in [0.1, 0.15) is 36.1 Å². The van der Waals surface area contributed by atoms with Crippen LogP contribution in [0.3, 0.4) is 0 Å². The van der Waals surface area contributed by atoms with Gasteiger partial charge in [0.1, 0.15) is 0 Å². The molecule has 1 aliphatic heterocycles. The van der Waals surface area contributed by atoms with Crippen molar-refractivity contribution in [2.45, 2.75) is 31.8 Å². The lowest BCUT2D eigenvalue weighted by Crippen LogP contribution is -2.39. The molecule has 0 bridgehead atoms. The molecule has 22 heavy (non-hydrogen) atoms. The van der Waals surface area contributed by atoms with Crippen molar-refractivity contribution in [3.8, 4) is 11.5 Å². The van der Waals surface area contributed by atoms with Gasteiger partial charge in [-0.15, -0.1) is 0 Å². The molecule has 0 radical (unpaired) electrons. The molecule has 2 aromatic rings. The van der Waals surface area contributed by atoms with Crippen LogP contribution in [0.25, 0.3) is 0 Å². The van der Waals surface area contributed by atoms with E-state index in [4.69, 9.17) is 9.47 Å². The van der Waals surface area contributed by atoms with Crippen LogP contribution >= 0.6 is 0 Å². The molecule has 3 rings (SSSR count). The molecule has 0 aliphatic carbocycles. The molecular formula is C18H22N2O2. The van der Waals surface area contributed by atoms with Gasteiger partial charge in [-0.2, -0.15) is 0 Å². The summed E-state index contributed by atoms with van der Waals surface area (Å²) in [4.78, 5) is 4.12. The van der Waals surface area contributed by atoms with Crippen LogP contribution in [-0.2, 0) is 6.42 Å². The second kappa shape index (κ2) is 6.36. The van der Waals surface area contributed by atoms with Crippen molar-refractivity contribution in [1.29, 1.82) is 0 Å². The lowest BCUT2D eigenvalue weighted by atomic mass is 9.86. The standard InChI is InChI=1S/C18H22N2O2/c1-4-14-9-13-10-16(21-2)17(22-3)11-15(13)18(20-14)12-5-7-19-8-6-12/h5-8,10-11,14,18,20H,4,9H2,1-3H3. The molecule has 2 unspecified atom stereocenters. The number of rotatable bonds is 4. The van der Waals surface area contributed by atoms with Gasteiger partial charge in [0.25, 0.3) is 0 Å². The van der Waals surface area contributed by atoms with Crippen LogP contribution in [0.5, 0.6) is 11.5 Å². The number of methoxy groups -OCH3 is 2. The summed E-state index contributed by atoms with van der Waals surface area (Å²) in [5, 5.41) is 3.74. The van der Waals surface area contributed by atoms with Gasteiger partial charge in [0.15, 0.2) is 11.5 Å². The molecule has 0 saturated heterocycles. The van der Waals surface area contributed by atoms with E-state index in [0.29, 0.717) is 6.04 Å². The Morgan fingerprint density at radius 3 is 2.45 bits per heavy atom. The Kier molecular flexibility index (Phi) is 4.29. The molecule has 0 fully saturated rings. The molecule has 0 spiro atoms. The Hall–Kier alpha value is -2.07. The number of nitrogens with zero attached hydrogens (tertiary/aromatic N) is 1.